The van der Waals surface area contributed by atoms with E-state index in [2.05, 4.69) is 34.9 Å². The highest BCUT2D eigenvalue weighted by atomic mass is 16.5. The molecule has 0 aliphatic heterocycles. The van der Waals surface area contributed by atoms with Gasteiger partial charge in [-0.3, -0.25) is 4.79 Å². The van der Waals surface area contributed by atoms with E-state index in [1.165, 1.54) is 11.1 Å². The first kappa shape index (κ1) is 24.8. The summed E-state index contributed by atoms with van der Waals surface area (Å²) in [5, 5.41) is 15.0. The Morgan fingerprint density at radius 2 is 1.63 bits per heavy atom. The number of carboxylic acid groups (broad SMARTS) is 1. The third-order valence-electron chi connectivity index (χ3n) is 7.03. The number of amides is 2. The van der Waals surface area contributed by atoms with E-state index < -0.39 is 18.1 Å². The number of hydrogen-bond donors (Lipinski definition) is 3. The van der Waals surface area contributed by atoms with Gasteiger partial charge in [-0.2, -0.15) is 0 Å². The van der Waals surface area contributed by atoms with Crippen molar-refractivity contribution in [2.45, 2.75) is 64.0 Å². The SMILES string of the molecule is CC(C)C[C@H](NC(=O)[C@@H]1CCC[C@@H](NC(=O)OCC2c3ccccc3-c3ccccc32)C1)C(=O)O. The molecule has 0 aromatic heterocycles. The Kier molecular flexibility index (Phi) is 7.73. The number of hydrogen-bond acceptors (Lipinski definition) is 4. The van der Waals surface area contributed by atoms with Crippen LogP contribution in [0.3, 0.4) is 0 Å². The maximum absolute atomic E-state index is 12.7. The monoisotopic (exact) mass is 478 g/mol. The first-order chi connectivity index (χ1) is 16.8. The number of ether oxygens (including phenoxy) is 1. The molecule has 186 valence electrons. The highest BCUT2D eigenvalue weighted by Crippen LogP contribution is 2.44. The van der Waals surface area contributed by atoms with Gasteiger partial charge in [-0.05, 0) is 53.9 Å². The largest absolute Gasteiger partial charge is 0.480 e. The third kappa shape index (κ3) is 5.84. The van der Waals surface area contributed by atoms with Crippen LogP contribution in [-0.2, 0) is 14.3 Å². The van der Waals surface area contributed by atoms with Crippen LogP contribution in [0.2, 0.25) is 0 Å². The van der Waals surface area contributed by atoms with Crippen LogP contribution in [0.25, 0.3) is 11.1 Å². The Balaban J connectivity index is 1.31. The Labute approximate surface area is 206 Å². The second kappa shape index (κ2) is 10.9. The van der Waals surface area contributed by atoms with Crippen molar-refractivity contribution in [2.75, 3.05) is 6.61 Å². The van der Waals surface area contributed by atoms with Gasteiger partial charge in [0.25, 0.3) is 0 Å². The fourth-order valence-electron chi connectivity index (χ4n) is 5.35. The average molecular weight is 479 g/mol. The zero-order valence-electron chi connectivity index (χ0n) is 20.3. The molecule has 0 saturated heterocycles. The number of benzene rings is 2. The molecule has 7 heteroatoms. The predicted molar refractivity (Wildman–Crippen MR) is 133 cm³/mol. The molecule has 0 spiro atoms. The summed E-state index contributed by atoms with van der Waals surface area (Å²) in [7, 11) is 0. The molecule has 1 fully saturated rings. The molecule has 0 bridgehead atoms. The predicted octanol–water partition coefficient (Wildman–Crippen LogP) is 4.70. The summed E-state index contributed by atoms with van der Waals surface area (Å²) in [6.07, 6.45) is 2.61. The number of carbonyl (C=O) groups excluding carboxylic acids is 2. The van der Waals surface area contributed by atoms with Crippen molar-refractivity contribution < 1.29 is 24.2 Å². The molecule has 4 rings (SSSR count). The van der Waals surface area contributed by atoms with E-state index in [-0.39, 0.29) is 36.3 Å². The Hall–Kier alpha value is -3.35. The fourth-order valence-corrected chi connectivity index (χ4v) is 5.35. The van der Waals surface area contributed by atoms with E-state index in [0.29, 0.717) is 19.3 Å². The van der Waals surface area contributed by atoms with E-state index >= 15 is 0 Å². The van der Waals surface area contributed by atoms with Crippen LogP contribution >= 0.6 is 0 Å². The third-order valence-corrected chi connectivity index (χ3v) is 7.03. The molecule has 0 unspecified atom stereocenters. The summed E-state index contributed by atoms with van der Waals surface area (Å²) in [6.45, 7) is 4.10. The standard InChI is InChI=1S/C28H34N2O5/c1-17(2)14-25(27(32)33)30-26(31)18-8-7-9-19(15-18)29-28(34)35-16-24-22-12-5-3-10-20(22)21-11-4-6-13-23(21)24/h3-6,10-13,17-19,24-25H,7-9,14-16H2,1-2H3,(H,29,34)(H,30,31)(H,32,33)/t18-,19-,25+/m1/s1. The molecule has 2 aliphatic rings. The highest BCUT2D eigenvalue weighted by molar-refractivity contribution is 5.85. The molecule has 3 atom stereocenters. The molecule has 1 saturated carbocycles. The second-order valence-electron chi connectivity index (χ2n) is 10.1. The Morgan fingerprint density at radius 1 is 1.00 bits per heavy atom. The van der Waals surface area contributed by atoms with Crippen LogP contribution in [0.5, 0.6) is 0 Å². The number of aliphatic carboxylic acids is 1. The van der Waals surface area contributed by atoms with E-state index in [1.54, 1.807) is 0 Å². The fraction of sp³-hybridized carbons (Fsp3) is 0.464. The molecule has 0 heterocycles. The van der Waals surface area contributed by atoms with Gasteiger partial charge in [-0.25, -0.2) is 9.59 Å². The van der Waals surface area contributed by atoms with Crippen molar-refractivity contribution in [3.05, 3.63) is 59.7 Å². The summed E-state index contributed by atoms with van der Waals surface area (Å²) in [6, 6.07) is 15.3. The molecule has 2 aromatic rings. The lowest BCUT2D eigenvalue weighted by Crippen LogP contribution is -2.47. The molecule has 3 N–H and O–H groups in total. The Bertz CT molecular complexity index is 1040. The van der Waals surface area contributed by atoms with Crippen molar-refractivity contribution in [1.29, 1.82) is 0 Å². The van der Waals surface area contributed by atoms with Gasteiger partial charge in [-0.15, -0.1) is 0 Å². The highest BCUT2D eigenvalue weighted by Gasteiger charge is 2.32. The number of rotatable bonds is 8. The van der Waals surface area contributed by atoms with Gasteiger partial charge < -0.3 is 20.5 Å². The lowest BCUT2D eigenvalue weighted by Gasteiger charge is -2.30. The minimum atomic E-state index is -1.02. The minimum Gasteiger partial charge on any atom is -0.480 e. The molecule has 7 nitrogen and oxygen atoms in total. The van der Waals surface area contributed by atoms with Crippen molar-refractivity contribution in [1.82, 2.24) is 10.6 Å². The van der Waals surface area contributed by atoms with E-state index in [9.17, 15) is 19.5 Å². The van der Waals surface area contributed by atoms with Crippen molar-refractivity contribution in [3.63, 3.8) is 0 Å². The molecule has 2 aliphatic carbocycles. The van der Waals surface area contributed by atoms with Crippen molar-refractivity contribution >= 4 is 18.0 Å². The lowest BCUT2D eigenvalue weighted by molar-refractivity contribution is -0.143. The van der Waals surface area contributed by atoms with Gasteiger partial charge in [0.05, 0.1) is 0 Å². The van der Waals surface area contributed by atoms with Crippen LogP contribution < -0.4 is 10.6 Å². The van der Waals surface area contributed by atoms with Gasteiger partial charge in [0.2, 0.25) is 5.91 Å². The smallest absolute Gasteiger partial charge is 0.407 e. The first-order valence-electron chi connectivity index (χ1n) is 12.5. The van der Waals surface area contributed by atoms with Crippen LogP contribution in [0.15, 0.2) is 48.5 Å². The topological polar surface area (TPSA) is 105 Å². The maximum Gasteiger partial charge on any atom is 0.407 e. The van der Waals surface area contributed by atoms with Gasteiger partial charge in [0.1, 0.15) is 12.6 Å². The maximum atomic E-state index is 12.7. The number of carboxylic acids is 1. The zero-order valence-corrected chi connectivity index (χ0v) is 20.3. The summed E-state index contributed by atoms with van der Waals surface area (Å²) < 4.78 is 5.65. The molecule has 0 radical (unpaired) electrons. The molecular formula is C28H34N2O5. The molecule has 35 heavy (non-hydrogen) atoms. The quantitative estimate of drug-likeness (QED) is 0.510. The van der Waals surface area contributed by atoms with E-state index in [1.807, 2.05) is 38.1 Å². The molecule has 2 amide bonds. The second-order valence-corrected chi connectivity index (χ2v) is 10.1. The summed E-state index contributed by atoms with van der Waals surface area (Å²) >= 11 is 0. The first-order valence-corrected chi connectivity index (χ1v) is 12.5. The average Bonchev–Trinajstić information content (AvgIpc) is 3.16. The Morgan fingerprint density at radius 3 is 2.23 bits per heavy atom. The van der Waals surface area contributed by atoms with Crippen LogP contribution in [-0.4, -0.2) is 41.8 Å². The normalized spacial score (nSPS) is 20.0. The van der Waals surface area contributed by atoms with Crippen molar-refractivity contribution in [3.8, 4) is 11.1 Å². The number of nitrogens with one attached hydrogen (secondary N) is 2. The summed E-state index contributed by atoms with van der Waals surface area (Å²) in [4.78, 5) is 36.9. The summed E-state index contributed by atoms with van der Waals surface area (Å²) in [5.74, 6) is -1.44. The minimum absolute atomic E-state index is 0.00746. The van der Waals surface area contributed by atoms with Crippen LogP contribution in [0.1, 0.15) is 63.0 Å². The van der Waals surface area contributed by atoms with E-state index in [4.69, 9.17) is 4.74 Å². The van der Waals surface area contributed by atoms with Crippen LogP contribution in [0.4, 0.5) is 4.79 Å². The number of carbonyl (C=O) groups is 3. The van der Waals surface area contributed by atoms with Gasteiger partial charge >= 0.3 is 12.1 Å². The number of alkyl carbamates (subject to hydrolysis) is 1. The molecule has 2 aromatic carbocycles. The molecular weight excluding hydrogens is 444 g/mol. The van der Waals surface area contributed by atoms with E-state index in [0.717, 1.165) is 24.0 Å². The lowest BCUT2D eigenvalue weighted by atomic mass is 9.85. The summed E-state index contributed by atoms with van der Waals surface area (Å²) in [5.41, 5.74) is 4.67. The van der Waals surface area contributed by atoms with Crippen LogP contribution in [0, 0.1) is 11.8 Å². The van der Waals surface area contributed by atoms with Gasteiger partial charge in [0, 0.05) is 17.9 Å². The van der Waals surface area contributed by atoms with Crippen molar-refractivity contribution in [2.24, 2.45) is 11.8 Å². The number of fused-ring (bicyclic) bond motifs is 3. The van der Waals surface area contributed by atoms with Gasteiger partial charge in [-0.1, -0.05) is 68.8 Å². The zero-order chi connectivity index (χ0) is 24.9. The van der Waals surface area contributed by atoms with Gasteiger partial charge in [0.15, 0.2) is 0 Å².